The molecule has 0 bridgehead atoms. The van der Waals surface area contributed by atoms with Gasteiger partial charge in [-0.05, 0) is 37.9 Å². The maximum atomic E-state index is 11.4. The molecule has 1 rings (SSSR count). The number of ether oxygens (including phenoxy) is 1. The van der Waals surface area contributed by atoms with E-state index in [1.807, 2.05) is 6.92 Å². The summed E-state index contributed by atoms with van der Waals surface area (Å²) >= 11 is 4.22. The van der Waals surface area contributed by atoms with Crippen LogP contribution in [0.2, 0.25) is 0 Å². The molecule has 0 saturated carbocycles. The molecule has 1 fully saturated rings. The van der Waals surface area contributed by atoms with Gasteiger partial charge in [-0.1, -0.05) is 0 Å². The normalized spacial score (nSPS) is 18.3. The van der Waals surface area contributed by atoms with Crippen molar-refractivity contribution in [2.75, 3.05) is 25.4 Å². The number of likely N-dealkylation sites (tertiary alicyclic amines) is 1. The summed E-state index contributed by atoms with van der Waals surface area (Å²) in [5.74, 6) is 1.70. The zero-order valence-corrected chi connectivity index (χ0v) is 9.63. The highest BCUT2D eigenvalue weighted by atomic mass is 32.1. The minimum Gasteiger partial charge on any atom is -0.450 e. The summed E-state index contributed by atoms with van der Waals surface area (Å²) in [4.78, 5) is 13.2. The molecule has 82 valence electrons. The average Bonchev–Trinajstić information content (AvgIpc) is 2.20. The van der Waals surface area contributed by atoms with Gasteiger partial charge in [0, 0.05) is 13.1 Å². The summed E-state index contributed by atoms with van der Waals surface area (Å²) in [5.41, 5.74) is 0. The third-order valence-corrected chi connectivity index (χ3v) is 2.94. The van der Waals surface area contributed by atoms with Crippen LogP contribution >= 0.6 is 12.6 Å². The number of carbonyl (C=O) groups excluding carboxylic acids is 1. The van der Waals surface area contributed by atoms with E-state index in [2.05, 4.69) is 12.6 Å². The van der Waals surface area contributed by atoms with Gasteiger partial charge in [0.15, 0.2) is 0 Å². The zero-order valence-electron chi connectivity index (χ0n) is 8.74. The topological polar surface area (TPSA) is 29.5 Å². The Morgan fingerprint density at radius 3 is 2.64 bits per heavy atom. The van der Waals surface area contributed by atoms with Gasteiger partial charge in [-0.15, -0.1) is 0 Å². The van der Waals surface area contributed by atoms with Gasteiger partial charge in [0.1, 0.15) is 0 Å². The van der Waals surface area contributed by atoms with Gasteiger partial charge >= 0.3 is 6.09 Å². The van der Waals surface area contributed by atoms with Gasteiger partial charge in [-0.3, -0.25) is 0 Å². The fraction of sp³-hybridized carbons (Fsp3) is 0.900. The fourth-order valence-corrected chi connectivity index (χ4v) is 2.17. The van der Waals surface area contributed by atoms with Gasteiger partial charge in [0.05, 0.1) is 6.61 Å². The number of rotatable bonds is 3. The quantitative estimate of drug-likeness (QED) is 0.734. The maximum Gasteiger partial charge on any atom is 0.409 e. The van der Waals surface area contributed by atoms with Gasteiger partial charge in [-0.25, -0.2) is 4.79 Å². The Balaban J connectivity index is 2.24. The standard InChI is InChI=1S/C10H19NO2S/c1-2-13-10(12)11-6-3-9(4-7-11)5-8-14/h9,14H,2-8H2,1H3. The molecule has 1 saturated heterocycles. The van der Waals surface area contributed by atoms with E-state index in [1.165, 1.54) is 6.42 Å². The highest BCUT2D eigenvalue weighted by Gasteiger charge is 2.22. The van der Waals surface area contributed by atoms with Crippen LogP contribution in [-0.4, -0.2) is 36.4 Å². The van der Waals surface area contributed by atoms with Crippen molar-refractivity contribution in [3.8, 4) is 0 Å². The molecule has 1 amide bonds. The first-order valence-electron chi connectivity index (χ1n) is 5.30. The Bertz CT molecular complexity index is 179. The lowest BCUT2D eigenvalue weighted by Gasteiger charge is -2.30. The number of hydrogen-bond donors (Lipinski definition) is 1. The summed E-state index contributed by atoms with van der Waals surface area (Å²) < 4.78 is 4.95. The van der Waals surface area contributed by atoms with Gasteiger partial charge < -0.3 is 9.64 Å². The molecule has 0 radical (unpaired) electrons. The van der Waals surface area contributed by atoms with Crippen LogP contribution in [0.25, 0.3) is 0 Å². The molecule has 3 nitrogen and oxygen atoms in total. The smallest absolute Gasteiger partial charge is 0.409 e. The van der Waals surface area contributed by atoms with E-state index < -0.39 is 0 Å². The Labute approximate surface area is 91.2 Å². The molecular weight excluding hydrogens is 198 g/mol. The monoisotopic (exact) mass is 217 g/mol. The number of thiol groups is 1. The van der Waals surface area contributed by atoms with Crippen LogP contribution in [-0.2, 0) is 4.74 Å². The third-order valence-electron chi connectivity index (χ3n) is 2.68. The van der Waals surface area contributed by atoms with Crippen LogP contribution < -0.4 is 0 Å². The molecule has 0 aromatic carbocycles. The van der Waals surface area contributed by atoms with E-state index in [4.69, 9.17) is 4.74 Å². The molecule has 0 atom stereocenters. The molecule has 0 N–H and O–H groups in total. The molecule has 1 heterocycles. The number of piperidine rings is 1. The zero-order chi connectivity index (χ0) is 10.4. The summed E-state index contributed by atoms with van der Waals surface area (Å²) in [6.07, 6.45) is 3.20. The van der Waals surface area contributed by atoms with E-state index in [9.17, 15) is 4.79 Å². The first-order valence-corrected chi connectivity index (χ1v) is 5.93. The molecule has 4 heteroatoms. The van der Waals surface area contributed by atoms with Crippen molar-refractivity contribution in [1.82, 2.24) is 4.90 Å². The van der Waals surface area contributed by atoms with Crippen molar-refractivity contribution in [1.29, 1.82) is 0 Å². The second-order valence-electron chi connectivity index (χ2n) is 3.64. The minimum absolute atomic E-state index is 0.156. The molecule has 0 aliphatic carbocycles. The number of hydrogen-bond acceptors (Lipinski definition) is 3. The maximum absolute atomic E-state index is 11.4. The first kappa shape index (κ1) is 11.7. The van der Waals surface area contributed by atoms with E-state index in [1.54, 1.807) is 4.90 Å². The second kappa shape index (κ2) is 6.17. The van der Waals surface area contributed by atoms with Gasteiger partial charge in [0.2, 0.25) is 0 Å². The van der Waals surface area contributed by atoms with E-state index in [0.29, 0.717) is 6.61 Å². The van der Waals surface area contributed by atoms with E-state index in [-0.39, 0.29) is 6.09 Å². The fourth-order valence-electron chi connectivity index (χ4n) is 1.80. The number of nitrogens with zero attached hydrogens (tertiary/aromatic N) is 1. The van der Waals surface area contributed by atoms with Crippen LogP contribution in [0, 0.1) is 5.92 Å². The molecule has 0 unspecified atom stereocenters. The molecule has 0 aromatic rings. The highest BCUT2D eigenvalue weighted by Crippen LogP contribution is 2.21. The number of carbonyl (C=O) groups is 1. The van der Waals surface area contributed by atoms with Crippen molar-refractivity contribution >= 4 is 18.7 Å². The predicted molar refractivity (Wildman–Crippen MR) is 59.8 cm³/mol. The Kier molecular flexibility index (Phi) is 5.15. The molecule has 1 aliphatic rings. The largest absolute Gasteiger partial charge is 0.450 e. The molecule has 1 aliphatic heterocycles. The van der Waals surface area contributed by atoms with E-state index >= 15 is 0 Å². The lowest BCUT2D eigenvalue weighted by molar-refractivity contribution is 0.0915. The Morgan fingerprint density at radius 2 is 2.14 bits per heavy atom. The van der Waals surface area contributed by atoms with Crippen LogP contribution in [0.15, 0.2) is 0 Å². The van der Waals surface area contributed by atoms with E-state index in [0.717, 1.165) is 37.6 Å². The SMILES string of the molecule is CCOC(=O)N1CCC(CCS)CC1. The van der Waals surface area contributed by atoms with Crippen LogP contribution in [0.5, 0.6) is 0 Å². The summed E-state index contributed by atoms with van der Waals surface area (Å²) in [6.45, 7) is 4.00. The highest BCUT2D eigenvalue weighted by molar-refractivity contribution is 7.80. The summed E-state index contributed by atoms with van der Waals surface area (Å²) in [6, 6.07) is 0. The average molecular weight is 217 g/mol. The van der Waals surface area contributed by atoms with Crippen molar-refractivity contribution in [2.45, 2.75) is 26.2 Å². The van der Waals surface area contributed by atoms with Crippen molar-refractivity contribution in [3.05, 3.63) is 0 Å². The lowest BCUT2D eigenvalue weighted by atomic mass is 9.95. The van der Waals surface area contributed by atoms with Crippen molar-refractivity contribution < 1.29 is 9.53 Å². The second-order valence-corrected chi connectivity index (χ2v) is 4.09. The van der Waals surface area contributed by atoms with Crippen molar-refractivity contribution in [2.24, 2.45) is 5.92 Å². The van der Waals surface area contributed by atoms with Crippen molar-refractivity contribution in [3.63, 3.8) is 0 Å². The van der Waals surface area contributed by atoms with Crippen LogP contribution in [0.1, 0.15) is 26.2 Å². The molecular formula is C10H19NO2S. The summed E-state index contributed by atoms with van der Waals surface area (Å²) in [5, 5.41) is 0. The molecule has 0 aromatic heterocycles. The number of amides is 1. The summed E-state index contributed by atoms with van der Waals surface area (Å²) in [7, 11) is 0. The Hall–Kier alpha value is -0.380. The Morgan fingerprint density at radius 1 is 1.50 bits per heavy atom. The lowest BCUT2D eigenvalue weighted by Crippen LogP contribution is -2.38. The van der Waals surface area contributed by atoms with Crippen LogP contribution in [0.3, 0.4) is 0 Å². The molecule has 14 heavy (non-hydrogen) atoms. The minimum atomic E-state index is -0.156. The molecule has 0 spiro atoms. The predicted octanol–water partition coefficient (Wildman–Crippen LogP) is 2.17. The third kappa shape index (κ3) is 3.40. The van der Waals surface area contributed by atoms with Gasteiger partial charge in [-0.2, -0.15) is 12.6 Å². The first-order chi connectivity index (χ1) is 6.77. The van der Waals surface area contributed by atoms with Gasteiger partial charge in [0.25, 0.3) is 0 Å². The van der Waals surface area contributed by atoms with Crippen LogP contribution in [0.4, 0.5) is 4.79 Å².